The number of halogens is 6. The summed E-state index contributed by atoms with van der Waals surface area (Å²) < 4.78 is 87.9. The van der Waals surface area contributed by atoms with Crippen LogP contribution in [0.15, 0.2) is 82.0 Å². The van der Waals surface area contributed by atoms with E-state index in [1.807, 2.05) is 0 Å². The average Bonchev–Trinajstić information content (AvgIpc) is 2.72. The summed E-state index contributed by atoms with van der Waals surface area (Å²) in [7, 11) is 0. The van der Waals surface area contributed by atoms with E-state index in [2.05, 4.69) is 9.47 Å². The van der Waals surface area contributed by atoms with Crippen LogP contribution in [0, 0.1) is 0 Å². The molecule has 0 aliphatic rings. The molecule has 0 aliphatic carbocycles. The zero-order chi connectivity index (χ0) is 23.8. The Balaban J connectivity index is 1.87. The van der Waals surface area contributed by atoms with Gasteiger partial charge >= 0.3 is 18.4 Å². The Labute approximate surface area is 181 Å². The van der Waals surface area contributed by atoms with Crippen LogP contribution in [-0.4, -0.2) is 12.7 Å². The molecule has 0 bridgehead atoms. The largest absolute Gasteiger partial charge is 0.573 e. The summed E-state index contributed by atoms with van der Waals surface area (Å²) in [5, 5.41) is 0.479. The second-order valence-electron chi connectivity index (χ2n) is 6.78. The van der Waals surface area contributed by atoms with Gasteiger partial charge in [0.1, 0.15) is 17.1 Å². The smallest absolute Gasteiger partial charge is 0.422 e. The molecule has 0 spiro atoms. The van der Waals surface area contributed by atoms with E-state index >= 15 is 0 Å². The zero-order valence-electron chi connectivity index (χ0n) is 16.3. The highest BCUT2D eigenvalue weighted by Crippen LogP contribution is 2.37. The maximum absolute atomic E-state index is 12.8. The molecule has 0 unspecified atom stereocenters. The third kappa shape index (κ3) is 5.11. The van der Waals surface area contributed by atoms with E-state index in [0.29, 0.717) is 16.5 Å². The zero-order valence-corrected chi connectivity index (χ0v) is 16.3. The second kappa shape index (κ2) is 8.19. The summed E-state index contributed by atoms with van der Waals surface area (Å²) >= 11 is 0. The van der Waals surface area contributed by atoms with Crippen LogP contribution in [0.25, 0.3) is 33.2 Å². The molecule has 4 aromatic rings. The fraction of sp³-hybridized carbons (Fsp3) is 0.0870. The lowest BCUT2D eigenvalue weighted by Gasteiger charge is -2.14. The molecular formula is C23H12F6O4. The van der Waals surface area contributed by atoms with Crippen molar-refractivity contribution < 1.29 is 40.2 Å². The Morgan fingerprint density at radius 2 is 1.06 bits per heavy atom. The molecule has 170 valence electrons. The van der Waals surface area contributed by atoms with Crippen molar-refractivity contribution in [1.82, 2.24) is 0 Å². The molecule has 0 saturated carbocycles. The van der Waals surface area contributed by atoms with Gasteiger partial charge in [0, 0.05) is 10.9 Å². The van der Waals surface area contributed by atoms with E-state index in [0.717, 1.165) is 24.3 Å². The molecule has 10 heteroatoms. The van der Waals surface area contributed by atoms with Crippen LogP contribution in [0.2, 0.25) is 0 Å². The molecule has 0 radical (unpaired) electrons. The lowest BCUT2D eigenvalue weighted by atomic mass is 9.93. The number of benzene rings is 3. The number of fused-ring (bicyclic) bond motifs is 1. The predicted molar refractivity (Wildman–Crippen MR) is 107 cm³/mol. The van der Waals surface area contributed by atoms with Gasteiger partial charge < -0.3 is 13.9 Å². The van der Waals surface area contributed by atoms with Crippen molar-refractivity contribution in [2.75, 3.05) is 0 Å². The molecule has 0 amide bonds. The van der Waals surface area contributed by atoms with Gasteiger partial charge in [0.2, 0.25) is 0 Å². The van der Waals surface area contributed by atoms with Crippen LogP contribution in [0.5, 0.6) is 11.5 Å². The van der Waals surface area contributed by atoms with E-state index in [1.165, 1.54) is 24.3 Å². The molecule has 4 nitrogen and oxygen atoms in total. The van der Waals surface area contributed by atoms with E-state index < -0.39 is 29.8 Å². The fourth-order valence-electron chi connectivity index (χ4n) is 3.36. The summed E-state index contributed by atoms with van der Waals surface area (Å²) in [6.45, 7) is 0. The molecule has 0 aliphatic heterocycles. The highest BCUT2D eigenvalue weighted by atomic mass is 19.4. The molecule has 1 heterocycles. The summed E-state index contributed by atoms with van der Waals surface area (Å²) in [6, 6.07) is 16.0. The highest BCUT2D eigenvalue weighted by molar-refractivity contribution is 6.01. The minimum Gasteiger partial charge on any atom is -0.422 e. The lowest BCUT2D eigenvalue weighted by Crippen LogP contribution is -2.17. The number of para-hydroxylation sites is 1. The molecule has 33 heavy (non-hydrogen) atoms. The Morgan fingerprint density at radius 1 is 0.606 bits per heavy atom. The highest BCUT2D eigenvalue weighted by Gasteiger charge is 2.32. The van der Waals surface area contributed by atoms with Gasteiger partial charge in [0.15, 0.2) is 0 Å². The maximum Gasteiger partial charge on any atom is 0.573 e. The minimum atomic E-state index is -4.88. The standard InChI is InChI=1S/C23H12F6O4/c24-22(25,26)32-15-9-5-13(6-10-15)19-17-3-1-2-4-18(17)31-21(30)20(19)14-7-11-16(12-8-14)33-23(27,28)29/h1-12H. The number of ether oxygens (including phenoxy) is 2. The predicted octanol–water partition coefficient (Wildman–Crippen LogP) is 6.92. The number of alkyl halides is 6. The molecule has 0 N–H and O–H groups in total. The van der Waals surface area contributed by atoms with Gasteiger partial charge in [0.05, 0.1) is 5.56 Å². The van der Waals surface area contributed by atoms with Crippen LogP contribution in [0.3, 0.4) is 0 Å². The normalized spacial score (nSPS) is 12.1. The van der Waals surface area contributed by atoms with Crippen LogP contribution < -0.4 is 15.1 Å². The van der Waals surface area contributed by atoms with Gasteiger partial charge in [-0.05, 0) is 41.5 Å². The van der Waals surface area contributed by atoms with Crippen molar-refractivity contribution in [1.29, 1.82) is 0 Å². The topological polar surface area (TPSA) is 48.7 Å². The molecule has 0 fully saturated rings. The lowest BCUT2D eigenvalue weighted by molar-refractivity contribution is -0.275. The number of rotatable bonds is 4. The van der Waals surface area contributed by atoms with Crippen molar-refractivity contribution in [2.45, 2.75) is 12.7 Å². The van der Waals surface area contributed by atoms with Gasteiger partial charge in [-0.2, -0.15) is 0 Å². The summed E-state index contributed by atoms with van der Waals surface area (Å²) in [6.07, 6.45) is -9.75. The van der Waals surface area contributed by atoms with Gasteiger partial charge in [-0.3, -0.25) is 0 Å². The molecule has 0 atom stereocenters. The molecule has 3 aromatic carbocycles. The summed E-state index contributed by atoms with van der Waals surface area (Å²) in [5.74, 6) is -0.930. The first-order valence-corrected chi connectivity index (χ1v) is 9.28. The van der Waals surface area contributed by atoms with Crippen molar-refractivity contribution in [3.05, 3.63) is 83.2 Å². The summed E-state index contributed by atoms with van der Waals surface area (Å²) in [4.78, 5) is 12.8. The number of hydrogen-bond acceptors (Lipinski definition) is 4. The Morgan fingerprint density at radius 3 is 1.55 bits per heavy atom. The average molecular weight is 466 g/mol. The van der Waals surface area contributed by atoms with Crippen molar-refractivity contribution in [3.63, 3.8) is 0 Å². The van der Waals surface area contributed by atoms with Crippen LogP contribution in [-0.2, 0) is 0 Å². The van der Waals surface area contributed by atoms with E-state index in [-0.39, 0.29) is 16.7 Å². The first kappa shape index (κ1) is 22.3. The van der Waals surface area contributed by atoms with Crippen molar-refractivity contribution in [2.24, 2.45) is 0 Å². The van der Waals surface area contributed by atoms with Gasteiger partial charge in [-0.15, -0.1) is 26.3 Å². The van der Waals surface area contributed by atoms with Crippen LogP contribution in [0.1, 0.15) is 0 Å². The van der Waals surface area contributed by atoms with E-state index in [1.54, 1.807) is 24.3 Å². The van der Waals surface area contributed by atoms with Crippen LogP contribution >= 0.6 is 0 Å². The van der Waals surface area contributed by atoms with Crippen molar-refractivity contribution >= 4 is 11.0 Å². The third-order valence-corrected chi connectivity index (χ3v) is 4.57. The second-order valence-corrected chi connectivity index (χ2v) is 6.78. The Hall–Kier alpha value is -3.95. The van der Waals surface area contributed by atoms with Crippen molar-refractivity contribution in [3.8, 4) is 33.8 Å². The summed E-state index contributed by atoms with van der Waals surface area (Å²) in [5.41, 5.74) is 0.424. The van der Waals surface area contributed by atoms with Gasteiger partial charge in [0.25, 0.3) is 0 Å². The van der Waals surface area contributed by atoms with Gasteiger partial charge in [-0.25, -0.2) is 4.79 Å². The molecule has 1 aromatic heterocycles. The number of hydrogen-bond donors (Lipinski definition) is 0. The fourth-order valence-corrected chi connectivity index (χ4v) is 3.36. The Kier molecular flexibility index (Phi) is 5.52. The monoisotopic (exact) mass is 466 g/mol. The molecular weight excluding hydrogens is 454 g/mol. The van der Waals surface area contributed by atoms with E-state index in [9.17, 15) is 31.1 Å². The van der Waals surface area contributed by atoms with Gasteiger partial charge in [-0.1, -0.05) is 42.5 Å². The maximum atomic E-state index is 12.8. The minimum absolute atomic E-state index is 0.0248. The van der Waals surface area contributed by atoms with E-state index in [4.69, 9.17) is 4.42 Å². The quantitative estimate of drug-likeness (QED) is 0.242. The molecule has 4 rings (SSSR count). The molecule has 0 saturated heterocycles. The first-order chi connectivity index (χ1) is 15.5. The SMILES string of the molecule is O=c1oc2ccccc2c(-c2ccc(OC(F)(F)F)cc2)c1-c1ccc(OC(F)(F)F)cc1. The first-order valence-electron chi connectivity index (χ1n) is 9.28. The third-order valence-electron chi connectivity index (χ3n) is 4.57. The Bertz CT molecular complexity index is 1340. The van der Waals surface area contributed by atoms with Crippen LogP contribution in [0.4, 0.5) is 26.3 Å².